The Labute approximate surface area is 96.6 Å². The standard InChI is InChI=1S/C10H14BrNOS/c11-8-2-4-14-10(8)9(12)5-7-1-3-13-6-7/h2,4,7,9H,1,3,5-6,12H2. The van der Waals surface area contributed by atoms with Gasteiger partial charge in [0.15, 0.2) is 0 Å². The summed E-state index contributed by atoms with van der Waals surface area (Å²) in [6, 6.07) is 2.22. The molecule has 1 aromatic heterocycles. The van der Waals surface area contributed by atoms with Gasteiger partial charge < -0.3 is 10.5 Å². The fourth-order valence-corrected chi connectivity index (χ4v) is 3.49. The Kier molecular flexibility index (Phi) is 3.60. The smallest absolute Gasteiger partial charge is 0.0495 e. The predicted octanol–water partition coefficient (Wildman–Crippen LogP) is 2.94. The van der Waals surface area contributed by atoms with Gasteiger partial charge in [0.05, 0.1) is 0 Å². The van der Waals surface area contributed by atoms with E-state index < -0.39 is 0 Å². The maximum absolute atomic E-state index is 6.14. The van der Waals surface area contributed by atoms with Gasteiger partial charge in [-0.3, -0.25) is 0 Å². The molecule has 2 unspecified atom stereocenters. The molecule has 14 heavy (non-hydrogen) atoms. The Morgan fingerprint density at radius 2 is 2.57 bits per heavy atom. The summed E-state index contributed by atoms with van der Waals surface area (Å²) in [4.78, 5) is 1.26. The number of hydrogen-bond donors (Lipinski definition) is 1. The van der Waals surface area contributed by atoms with Crippen molar-refractivity contribution in [3.8, 4) is 0 Å². The lowest BCUT2D eigenvalue weighted by atomic mass is 9.99. The Hall–Kier alpha value is 0.100. The normalized spacial score (nSPS) is 24.0. The molecule has 2 rings (SSSR count). The van der Waals surface area contributed by atoms with Crippen molar-refractivity contribution in [2.75, 3.05) is 13.2 Å². The number of thiophene rings is 1. The quantitative estimate of drug-likeness (QED) is 0.921. The molecular weight excluding hydrogens is 262 g/mol. The molecule has 78 valence electrons. The minimum absolute atomic E-state index is 0.163. The zero-order valence-electron chi connectivity index (χ0n) is 7.91. The lowest BCUT2D eigenvalue weighted by molar-refractivity contribution is 0.183. The van der Waals surface area contributed by atoms with Crippen molar-refractivity contribution in [1.29, 1.82) is 0 Å². The zero-order valence-corrected chi connectivity index (χ0v) is 10.3. The second kappa shape index (κ2) is 4.75. The first-order valence-corrected chi connectivity index (χ1v) is 6.51. The molecule has 4 heteroatoms. The maximum atomic E-state index is 6.14. The van der Waals surface area contributed by atoms with E-state index in [4.69, 9.17) is 10.5 Å². The third kappa shape index (κ3) is 2.37. The Balaban J connectivity index is 1.95. The lowest BCUT2D eigenvalue weighted by Gasteiger charge is -2.14. The summed E-state index contributed by atoms with van der Waals surface area (Å²) in [5.74, 6) is 0.652. The molecule has 0 aromatic carbocycles. The first kappa shape index (κ1) is 10.6. The Morgan fingerprint density at radius 3 is 3.14 bits per heavy atom. The predicted molar refractivity (Wildman–Crippen MR) is 62.5 cm³/mol. The summed E-state index contributed by atoms with van der Waals surface area (Å²) < 4.78 is 6.49. The molecule has 2 N–H and O–H groups in total. The van der Waals surface area contributed by atoms with Crippen LogP contribution in [0.15, 0.2) is 15.9 Å². The summed E-state index contributed by atoms with van der Waals surface area (Å²) >= 11 is 5.24. The molecule has 0 spiro atoms. The van der Waals surface area contributed by atoms with Crippen LogP contribution < -0.4 is 5.73 Å². The monoisotopic (exact) mass is 275 g/mol. The van der Waals surface area contributed by atoms with Crippen molar-refractivity contribution in [2.24, 2.45) is 11.7 Å². The van der Waals surface area contributed by atoms with Gasteiger partial charge in [-0.1, -0.05) is 0 Å². The molecule has 0 amide bonds. The molecule has 1 saturated heterocycles. The first-order chi connectivity index (χ1) is 6.77. The van der Waals surface area contributed by atoms with Crippen LogP contribution in [0.1, 0.15) is 23.8 Å². The molecular formula is C10H14BrNOS. The van der Waals surface area contributed by atoms with Crippen LogP contribution in [-0.4, -0.2) is 13.2 Å². The second-order valence-electron chi connectivity index (χ2n) is 3.70. The fraction of sp³-hybridized carbons (Fsp3) is 0.600. The molecule has 0 bridgehead atoms. The van der Waals surface area contributed by atoms with Crippen LogP contribution in [0.25, 0.3) is 0 Å². The summed E-state index contributed by atoms with van der Waals surface area (Å²) in [7, 11) is 0. The molecule has 2 heterocycles. The summed E-state index contributed by atoms with van der Waals surface area (Å²) in [6.07, 6.45) is 2.20. The topological polar surface area (TPSA) is 35.2 Å². The third-order valence-electron chi connectivity index (χ3n) is 2.59. The van der Waals surface area contributed by atoms with Crippen LogP contribution in [0.2, 0.25) is 0 Å². The highest BCUT2D eigenvalue weighted by atomic mass is 79.9. The molecule has 1 fully saturated rings. The van der Waals surface area contributed by atoms with E-state index in [0.29, 0.717) is 5.92 Å². The van der Waals surface area contributed by atoms with Crippen LogP contribution >= 0.6 is 27.3 Å². The van der Waals surface area contributed by atoms with Gasteiger partial charge in [-0.2, -0.15) is 0 Å². The van der Waals surface area contributed by atoms with Crippen molar-refractivity contribution in [1.82, 2.24) is 0 Å². The van der Waals surface area contributed by atoms with Crippen molar-refractivity contribution in [3.63, 3.8) is 0 Å². The van der Waals surface area contributed by atoms with Crippen LogP contribution in [0, 0.1) is 5.92 Å². The van der Waals surface area contributed by atoms with E-state index >= 15 is 0 Å². The van der Waals surface area contributed by atoms with E-state index in [9.17, 15) is 0 Å². The van der Waals surface area contributed by atoms with E-state index in [0.717, 1.165) is 30.5 Å². The Bertz CT molecular complexity index is 296. The molecule has 2 atom stereocenters. The van der Waals surface area contributed by atoms with Crippen molar-refractivity contribution in [2.45, 2.75) is 18.9 Å². The summed E-state index contributed by atoms with van der Waals surface area (Å²) in [5, 5.41) is 2.07. The molecule has 1 aromatic rings. The Morgan fingerprint density at radius 1 is 1.71 bits per heavy atom. The summed E-state index contributed by atoms with van der Waals surface area (Å²) in [5.41, 5.74) is 6.14. The number of ether oxygens (including phenoxy) is 1. The van der Waals surface area contributed by atoms with E-state index in [1.165, 1.54) is 4.88 Å². The van der Waals surface area contributed by atoms with Gasteiger partial charge in [0.2, 0.25) is 0 Å². The highest BCUT2D eigenvalue weighted by Crippen LogP contribution is 2.32. The molecule has 0 aliphatic carbocycles. The van der Waals surface area contributed by atoms with Crippen molar-refractivity contribution < 1.29 is 4.74 Å². The molecule has 2 nitrogen and oxygen atoms in total. The van der Waals surface area contributed by atoms with Gasteiger partial charge in [-0.05, 0) is 46.1 Å². The van der Waals surface area contributed by atoms with E-state index in [2.05, 4.69) is 27.4 Å². The second-order valence-corrected chi connectivity index (χ2v) is 5.51. The molecule has 0 saturated carbocycles. The number of nitrogens with two attached hydrogens (primary N) is 1. The SMILES string of the molecule is NC(CC1CCOC1)c1sccc1Br. The minimum Gasteiger partial charge on any atom is -0.381 e. The number of halogens is 1. The van der Waals surface area contributed by atoms with Crippen LogP contribution in [0.3, 0.4) is 0 Å². The van der Waals surface area contributed by atoms with E-state index in [-0.39, 0.29) is 6.04 Å². The molecule has 1 aliphatic heterocycles. The van der Waals surface area contributed by atoms with Crippen LogP contribution in [0.5, 0.6) is 0 Å². The highest BCUT2D eigenvalue weighted by molar-refractivity contribution is 9.10. The molecule has 1 aliphatic rings. The lowest BCUT2D eigenvalue weighted by Crippen LogP contribution is -2.14. The average Bonchev–Trinajstić information content (AvgIpc) is 2.75. The van der Waals surface area contributed by atoms with Crippen LogP contribution in [-0.2, 0) is 4.74 Å². The summed E-state index contributed by atoms with van der Waals surface area (Å²) in [6.45, 7) is 1.79. The van der Waals surface area contributed by atoms with E-state index in [1.807, 2.05) is 0 Å². The fourth-order valence-electron chi connectivity index (χ4n) is 1.81. The highest BCUT2D eigenvalue weighted by Gasteiger charge is 2.21. The van der Waals surface area contributed by atoms with Crippen molar-refractivity contribution in [3.05, 3.63) is 20.8 Å². The zero-order chi connectivity index (χ0) is 9.97. The third-order valence-corrected chi connectivity index (χ3v) is 4.60. The van der Waals surface area contributed by atoms with Gasteiger partial charge in [0.25, 0.3) is 0 Å². The first-order valence-electron chi connectivity index (χ1n) is 4.83. The number of hydrogen-bond acceptors (Lipinski definition) is 3. The van der Waals surface area contributed by atoms with Gasteiger partial charge in [0, 0.05) is 28.6 Å². The van der Waals surface area contributed by atoms with E-state index in [1.54, 1.807) is 11.3 Å². The van der Waals surface area contributed by atoms with Gasteiger partial charge in [0.1, 0.15) is 0 Å². The largest absolute Gasteiger partial charge is 0.381 e. The van der Waals surface area contributed by atoms with Crippen molar-refractivity contribution >= 4 is 27.3 Å². The van der Waals surface area contributed by atoms with Gasteiger partial charge >= 0.3 is 0 Å². The van der Waals surface area contributed by atoms with Gasteiger partial charge in [-0.25, -0.2) is 0 Å². The van der Waals surface area contributed by atoms with Crippen LogP contribution in [0.4, 0.5) is 0 Å². The molecule has 0 radical (unpaired) electrons. The minimum atomic E-state index is 0.163. The maximum Gasteiger partial charge on any atom is 0.0495 e. The number of rotatable bonds is 3. The van der Waals surface area contributed by atoms with Gasteiger partial charge in [-0.15, -0.1) is 11.3 Å². The average molecular weight is 276 g/mol.